The summed E-state index contributed by atoms with van der Waals surface area (Å²) in [5.74, 6) is -4.95. The molecule has 6 N–H and O–H groups in total. The lowest BCUT2D eigenvalue weighted by Gasteiger charge is -2.26. The van der Waals surface area contributed by atoms with Crippen LogP contribution >= 0.6 is 0 Å². The molecular weight excluding hydrogens is 340 g/mol. The van der Waals surface area contributed by atoms with Crippen molar-refractivity contribution in [1.82, 2.24) is 0 Å². The minimum absolute atomic E-state index is 0.00353. The van der Waals surface area contributed by atoms with Crippen LogP contribution < -0.4 is 11.5 Å². The molecule has 0 heterocycles. The number of primary amides is 1. The Morgan fingerprint density at radius 3 is 2.04 bits per heavy atom. The van der Waals surface area contributed by atoms with Gasteiger partial charge in [0, 0.05) is 12.3 Å². The monoisotopic (exact) mass is 366 g/mol. The van der Waals surface area contributed by atoms with Crippen molar-refractivity contribution in [2.75, 3.05) is 5.75 Å². The highest BCUT2D eigenvalue weighted by Gasteiger charge is 2.37. The van der Waals surface area contributed by atoms with Gasteiger partial charge >= 0.3 is 5.97 Å². The Morgan fingerprint density at radius 1 is 1.17 bits per heavy atom. The molecule has 140 valence electrons. The molecule has 0 radical (unpaired) electrons. The second-order valence-corrected chi connectivity index (χ2v) is 7.43. The van der Waals surface area contributed by atoms with Crippen LogP contribution in [0.2, 0.25) is 0 Å². The molecule has 0 bridgehead atoms. The number of ketones is 1. The number of rotatable bonds is 12. The highest BCUT2D eigenvalue weighted by molar-refractivity contribution is 7.85. The van der Waals surface area contributed by atoms with Gasteiger partial charge in [0.15, 0.2) is 5.78 Å². The van der Waals surface area contributed by atoms with E-state index >= 15 is 0 Å². The summed E-state index contributed by atoms with van der Waals surface area (Å²) in [5.41, 5.74) is 9.18. The van der Waals surface area contributed by atoms with Gasteiger partial charge in [-0.2, -0.15) is 8.42 Å². The van der Waals surface area contributed by atoms with Gasteiger partial charge in [-0.25, -0.2) is 0 Å². The quantitative estimate of drug-likeness (QED) is 0.347. The average molecular weight is 366 g/mol. The van der Waals surface area contributed by atoms with E-state index in [1.807, 2.05) is 0 Å². The number of hydrogen-bond donors (Lipinski definition) is 4. The molecule has 10 heteroatoms. The molecule has 0 aliphatic heterocycles. The molecule has 0 rings (SSSR count). The van der Waals surface area contributed by atoms with E-state index in [1.165, 1.54) is 6.92 Å². The maximum atomic E-state index is 12.2. The largest absolute Gasteiger partial charge is 0.481 e. The molecule has 0 saturated carbocycles. The minimum Gasteiger partial charge on any atom is -0.481 e. The molecule has 0 fully saturated rings. The number of Topliss-reactive ketones (excluding diaryl/α,β-unsaturated/α-hetero) is 1. The summed E-state index contributed by atoms with van der Waals surface area (Å²) in [7, 11) is -4.45. The first-order valence-electron chi connectivity index (χ1n) is 7.65. The Bertz CT molecular complexity index is 576. The molecule has 0 saturated heterocycles. The summed E-state index contributed by atoms with van der Waals surface area (Å²) < 4.78 is 30.9. The molecule has 0 aromatic carbocycles. The first-order valence-corrected chi connectivity index (χ1v) is 9.26. The third-order valence-corrected chi connectivity index (χ3v) is 5.04. The van der Waals surface area contributed by atoms with Crippen LogP contribution in [0.5, 0.6) is 0 Å². The fourth-order valence-corrected chi connectivity index (χ4v) is 3.45. The number of carbonyl (C=O) groups is 3. The van der Waals surface area contributed by atoms with Crippen LogP contribution in [0.25, 0.3) is 0 Å². The predicted molar refractivity (Wildman–Crippen MR) is 86.6 cm³/mol. The predicted octanol–water partition coefficient (Wildman–Crippen LogP) is -0.0666. The summed E-state index contributed by atoms with van der Waals surface area (Å²) in [6.45, 7) is 3.20. The molecule has 9 nitrogen and oxygen atoms in total. The molecule has 0 aromatic rings. The molecular formula is C14H26N2O7S. The van der Waals surface area contributed by atoms with Crippen LogP contribution in [0.1, 0.15) is 46.0 Å². The molecule has 0 aliphatic carbocycles. The van der Waals surface area contributed by atoms with Gasteiger partial charge in [0.05, 0.1) is 11.5 Å². The van der Waals surface area contributed by atoms with Crippen molar-refractivity contribution >= 4 is 27.8 Å². The van der Waals surface area contributed by atoms with Crippen molar-refractivity contribution in [3.8, 4) is 0 Å². The molecule has 2 unspecified atom stereocenters. The Balaban J connectivity index is 4.99. The maximum Gasteiger partial charge on any atom is 0.306 e. The van der Waals surface area contributed by atoms with Gasteiger partial charge in [0.2, 0.25) is 5.91 Å². The van der Waals surface area contributed by atoms with Crippen molar-refractivity contribution in [3.05, 3.63) is 0 Å². The van der Waals surface area contributed by atoms with E-state index in [2.05, 4.69) is 0 Å². The van der Waals surface area contributed by atoms with Crippen LogP contribution in [-0.4, -0.2) is 47.0 Å². The van der Waals surface area contributed by atoms with Crippen LogP contribution in [-0.2, 0) is 24.5 Å². The lowest BCUT2D eigenvalue weighted by Crippen LogP contribution is -2.52. The van der Waals surface area contributed by atoms with Crippen molar-refractivity contribution in [2.24, 2.45) is 23.3 Å². The van der Waals surface area contributed by atoms with E-state index in [1.54, 1.807) is 6.92 Å². The van der Waals surface area contributed by atoms with E-state index < -0.39 is 50.9 Å². The van der Waals surface area contributed by atoms with Gasteiger partial charge in [0.1, 0.15) is 5.75 Å². The number of hydrogen-bond acceptors (Lipinski definition) is 6. The van der Waals surface area contributed by atoms with Gasteiger partial charge in [0.25, 0.3) is 10.1 Å². The Hall–Kier alpha value is -1.52. The number of carboxylic acid groups (broad SMARTS) is 1. The lowest BCUT2D eigenvalue weighted by molar-refractivity contribution is -0.143. The summed E-state index contributed by atoms with van der Waals surface area (Å²) in [6, 6.07) is 0. The molecule has 24 heavy (non-hydrogen) atoms. The van der Waals surface area contributed by atoms with E-state index in [-0.39, 0.29) is 25.7 Å². The first kappa shape index (κ1) is 22.5. The summed E-state index contributed by atoms with van der Waals surface area (Å²) in [4.78, 5) is 34.7. The molecule has 0 aromatic heterocycles. The Morgan fingerprint density at radius 2 is 1.71 bits per heavy atom. The van der Waals surface area contributed by atoms with Crippen molar-refractivity contribution in [1.29, 1.82) is 0 Å². The number of carboxylic acids is 1. The van der Waals surface area contributed by atoms with Gasteiger partial charge in [-0.05, 0) is 25.7 Å². The highest BCUT2D eigenvalue weighted by Crippen LogP contribution is 2.23. The zero-order valence-corrected chi connectivity index (χ0v) is 14.7. The van der Waals surface area contributed by atoms with E-state index in [0.29, 0.717) is 6.42 Å². The third kappa shape index (κ3) is 7.37. The van der Waals surface area contributed by atoms with E-state index in [0.717, 1.165) is 0 Å². The van der Waals surface area contributed by atoms with Crippen LogP contribution in [0, 0.1) is 11.8 Å². The number of carbonyl (C=O) groups excluding carboxylic acids is 2. The minimum atomic E-state index is -4.45. The third-order valence-electron chi connectivity index (χ3n) is 4.16. The second-order valence-electron chi connectivity index (χ2n) is 5.98. The van der Waals surface area contributed by atoms with Crippen molar-refractivity contribution in [3.63, 3.8) is 0 Å². The average Bonchev–Trinajstić information content (AvgIpc) is 2.44. The number of nitrogens with two attached hydrogens (primary N) is 2. The number of aliphatic carboxylic acids is 1. The highest BCUT2D eigenvalue weighted by atomic mass is 32.2. The fraction of sp³-hybridized carbons (Fsp3) is 0.786. The Labute approximate surface area is 141 Å². The molecule has 0 spiro atoms. The van der Waals surface area contributed by atoms with E-state index in [9.17, 15) is 27.9 Å². The van der Waals surface area contributed by atoms with Crippen molar-refractivity contribution in [2.45, 2.75) is 51.5 Å². The molecule has 1 amide bonds. The second kappa shape index (κ2) is 9.09. The smallest absolute Gasteiger partial charge is 0.306 e. The van der Waals surface area contributed by atoms with Crippen LogP contribution in [0.4, 0.5) is 0 Å². The van der Waals surface area contributed by atoms with Gasteiger partial charge < -0.3 is 16.6 Å². The molecule has 3 atom stereocenters. The topological polar surface area (TPSA) is 178 Å². The van der Waals surface area contributed by atoms with Crippen LogP contribution in [0.3, 0.4) is 0 Å². The Kier molecular flexibility index (Phi) is 8.52. The zero-order valence-electron chi connectivity index (χ0n) is 13.9. The maximum absolute atomic E-state index is 12.2. The molecule has 0 aliphatic rings. The normalized spacial score (nSPS) is 16.8. The van der Waals surface area contributed by atoms with Crippen molar-refractivity contribution < 1.29 is 32.5 Å². The first-order chi connectivity index (χ1) is 10.9. The summed E-state index contributed by atoms with van der Waals surface area (Å²) >= 11 is 0. The van der Waals surface area contributed by atoms with Gasteiger partial charge in [-0.3, -0.25) is 18.9 Å². The van der Waals surface area contributed by atoms with Gasteiger partial charge in [-0.15, -0.1) is 0 Å². The lowest BCUT2D eigenvalue weighted by atomic mass is 9.85. The SMILES string of the molecule is CCC(CC(CCC(=O)[C@](N)(CC)CS(=O)(=O)O)C(=O)O)C(N)=O. The van der Waals surface area contributed by atoms with Crippen LogP contribution in [0.15, 0.2) is 0 Å². The summed E-state index contributed by atoms with van der Waals surface area (Å²) in [5, 5.41) is 9.23. The standard InChI is InChI=1S/C14H26N2O7S/c1-3-9(12(15)18)7-10(13(19)20)5-6-11(17)14(16,4-2)8-24(21,22)23/h9-10H,3-8,16H2,1-2H3,(H2,15,18)(H,19,20)(H,21,22,23)/t9?,10?,14-/m0/s1. The zero-order chi connectivity index (χ0) is 19.1. The fourth-order valence-electron chi connectivity index (χ4n) is 2.43. The number of amides is 1. The summed E-state index contributed by atoms with van der Waals surface area (Å²) in [6.07, 6.45) is -0.0152. The van der Waals surface area contributed by atoms with E-state index in [4.69, 9.17) is 16.0 Å². The van der Waals surface area contributed by atoms with Gasteiger partial charge in [-0.1, -0.05) is 13.8 Å².